The average molecular weight is 201 g/mol. The maximum absolute atomic E-state index is 9.62. The summed E-state index contributed by atoms with van der Waals surface area (Å²) < 4.78 is 5.27. The predicted octanol–water partition coefficient (Wildman–Crippen LogP) is 1.75. The van der Waals surface area contributed by atoms with Crippen LogP contribution < -0.4 is 0 Å². The molecule has 0 aromatic rings. The van der Waals surface area contributed by atoms with Gasteiger partial charge < -0.3 is 9.53 Å². The van der Waals surface area contributed by atoms with Crippen molar-refractivity contribution in [3.8, 4) is 6.07 Å². The molecule has 0 rings (SSSR count). The van der Waals surface area contributed by atoms with Crippen molar-refractivity contribution in [3.05, 3.63) is 0 Å². The standard InChI is InChI=1S/C9H19NO2Si/c1-9(8-13(2,3)11)7-12-6-4-5-10/h9,11H,4,6-8H2,1-3H3. The summed E-state index contributed by atoms with van der Waals surface area (Å²) in [5.41, 5.74) is 0. The van der Waals surface area contributed by atoms with Crippen LogP contribution in [-0.4, -0.2) is 26.3 Å². The van der Waals surface area contributed by atoms with Gasteiger partial charge in [-0.05, 0) is 25.1 Å². The minimum Gasteiger partial charge on any atom is -0.432 e. The zero-order valence-electron chi connectivity index (χ0n) is 8.71. The summed E-state index contributed by atoms with van der Waals surface area (Å²) in [5, 5.41) is 8.25. The lowest BCUT2D eigenvalue weighted by molar-refractivity contribution is 0.113. The maximum atomic E-state index is 9.62. The van der Waals surface area contributed by atoms with Gasteiger partial charge in [0, 0.05) is 6.61 Å². The summed E-state index contributed by atoms with van der Waals surface area (Å²) in [6.07, 6.45) is 0.451. The largest absolute Gasteiger partial charge is 0.432 e. The van der Waals surface area contributed by atoms with Gasteiger partial charge in [0.25, 0.3) is 0 Å². The van der Waals surface area contributed by atoms with E-state index < -0.39 is 8.32 Å². The Morgan fingerprint density at radius 1 is 1.54 bits per heavy atom. The third-order valence-electron chi connectivity index (χ3n) is 1.61. The highest BCUT2D eigenvalue weighted by Gasteiger charge is 2.20. The number of hydrogen-bond acceptors (Lipinski definition) is 3. The lowest BCUT2D eigenvalue weighted by Crippen LogP contribution is -2.28. The van der Waals surface area contributed by atoms with Gasteiger partial charge in [0.2, 0.25) is 0 Å². The third kappa shape index (κ3) is 9.54. The lowest BCUT2D eigenvalue weighted by atomic mass is 10.2. The van der Waals surface area contributed by atoms with E-state index in [1.807, 2.05) is 19.2 Å². The number of hydrogen-bond donors (Lipinski definition) is 1. The molecule has 0 aromatic heterocycles. The van der Waals surface area contributed by atoms with Gasteiger partial charge in [-0.15, -0.1) is 0 Å². The van der Waals surface area contributed by atoms with Gasteiger partial charge in [0.15, 0.2) is 8.32 Å². The van der Waals surface area contributed by atoms with E-state index in [-0.39, 0.29) is 0 Å². The van der Waals surface area contributed by atoms with Gasteiger partial charge in [-0.3, -0.25) is 0 Å². The van der Waals surface area contributed by atoms with Crippen LogP contribution in [-0.2, 0) is 4.74 Å². The molecule has 4 heteroatoms. The van der Waals surface area contributed by atoms with Gasteiger partial charge in [0.1, 0.15) is 0 Å². The molecule has 0 saturated carbocycles. The summed E-state index contributed by atoms with van der Waals surface area (Å²) >= 11 is 0. The predicted molar refractivity (Wildman–Crippen MR) is 54.7 cm³/mol. The van der Waals surface area contributed by atoms with Crippen LogP contribution in [0.3, 0.4) is 0 Å². The summed E-state index contributed by atoms with van der Waals surface area (Å²) in [7, 11) is -1.93. The Balaban J connectivity index is 3.42. The molecular weight excluding hydrogens is 182 g/mol. The van der Waals surface area contributed by atoms with Gasteiger partial charge in [-0.25, -0.2) is 0 Å². The molecule has 1 unspecified atom stereocenters. The molecule has 0 heterocycles. The molecule has 13 heavy (non-hydrogen) atoms. The highest BCUT2D eigenvalue weighted by atomic mass is 28.4. The molecule has 0 saturated heterocycles. The quantitative estimate of drug-likeness (QED) is 0.526. The highest BCUT2D eigenvalue weighted by molar-refractivity contribution is 6.69. The van der Waals surface area contributed by atoms with E-state index in [1.165, 1.54) is 0 Å². The maximum Gasteiger partial charge on any atom is 0.182 e. The van der Waals surface area contributed by atoms with Crippen molar-refractivity contribution in [2.75, 3.05) is 13.2 Å². The minimum atomic E-state index is -1.93. The van der Waals surface area contributed by atoms with E-state index in [0.717, 1.165) is 6.04 Å². The fourth-order valence-electron chi connectivity index (χ4n) is 1.31. The normalized spacial score (nSPS) is 13.8. The molecule has 1 N–H and O–H groups in total. The molecule has 0 aliphatic heterocycles. The van der Waals surface area contributed by atoms with Crippen LogP contribution in [0.15, 0.2) is 0 Å². The summed E-state index contributed by atoms with van der Waals surface area (Å²) in [6.45, 7) is 7.09. The zero-order valence-corrected chi connectivity index (χ0v) is 9.71. The van der Waals surface area contributed by atoms with Crippen molar-refractivity contribution < 1.29 is 9.53 Å². The van der Waals surface area contributed by atoms with Crippen LogP contribution >= 0.6 is 0 Å². The zero-order chi connectivity index (χ0) is 10.3. The third-order valence-corrected chi connectivity index (χ3v) is 3.30. The second-order valence-electron chi connectivity index (χ2n) is 4.10. The fourth-order valence-corrected chi connectivity index (χ4v) is 3.14. The first-order valence-corrected chi connectivity index (χ1v) is 7.78. The Morgan fingerprint density at radius 2 is 2.15 bits per heavy atom. The topological polar surface area (TPSA) is 53.2 Å². The summed E-state index contributed by atoms with van der Waals surface area (Å²) in [4.78, 5) is 9.62. The number of ether oxygens (including phenoxy) is 1. The van der Waals surface area contributed by atoms with Gasteiger partial charge >= 0.3 is 0 Å². The van der Waals surface area contributed by atoms with Crippen LogP contribution in [0.4, 0.5) is 0 Å². The summed E-state index contributed by atoms with van der Waals surface area (Å²) in [5.74, 6) is 0.394. The van der Waals surface area contributed by atoms with E-state index in [1.54, 1.807) is 0 Å². The number of nitrogens with zero attached hydrogens (tertiary/aromatic N) is 1. The van der Waals surface area contributed by atoms with Gasteiger partial charge in [-0.2, -0.15) is 5.26 Å². The fraction of sp³-hybridized carbons (Fsp3) is 0.889. The van der Waals surface area contributed by atoms with E-state index >= 15 is 0 Å². The number of rotatable bonds is 6. The van der Waals surface area contributed by atoms with Gasteiger partial charge in [-0.1, -0.05) is 6.92 Å². The monoisotopic (exact) mass is 201 g/mol. The molecular formula is C9H19NO2Si. The summed E-state index contributed by atoms with van der Waals surface area (Å²) in [6, 6.07) is 2.88. The van der Waals surface area contributed by atoms with Crippen LogP contribution in [0, 0.1) is 17.2 Å². The van der Waals surface area contributed by atoms with E-state index in [4.69, 9.17) is 10.00 Å². The van der Waals surface area contributed by atoms with E-state index in [2.05, 4.69) is 6.92 Å². The molecule has 0 aliphatic carbocycles. The van der Waals surface area contributed by atoms with Crippen molar-refractivity contribution in [3.63, 3.8) is 0 Å². The molecule has 0 spiro atoms. The van der Waals surface area contributed by atoms with E-state index in [9.17, 15) is 4.80 Å². The highest BCUT2D eigenvalue weighted by Crippen LogP contribution is 2.13. The first-order chi connectivity index (χ1) is 5.95. The second kappa shape index (κ2) is 6.14. The Bertz CT molecular complexity index is 171. The first kappa shape index (κ1) is 12.6. The van der Waals surface area contributed by atoms with Crippen molar-refractivity contribution in [1.82, 2.24) is 0 Å². The Kier molecular flexibility index (Phi) is 5.96. The van der Waals surface area contributed by atoms with Crippen LogP contribution in [0.5, 0.6) is 0 Å². The van der Waals surface area contributed by atoms with Gasteiger partial charge in [0.05, 0.1) is 19.1 Å². The van der Waals surface area contributed by atoms with E-state index in [0.29, 0.717) is 25.6 Å². The van der Waals surface area contributed by atoms with Crippen LogP contribution in [0.2, 0.25) is 19.1 Å². The lowest BCUT2D eigenvalue weighted by Gasteiger charge is -2.19. The molecule has 0 aromatic carbocycles. The molecule has 3 nitrogen and oxygen atoms in total. The Labute approximate surface area is 81.5 Å². The van der Waals surface area contributed by atoms with Crippen molar-refractivity contribution in [2.24, 2.45) is 5.92 Å². The average Bonchev–Trinajstić information content (AvgIpc) is 1.94. The van der Waals surface area contributed by atoms with Crippen LogP contribution in [0.1, 0.15) is 13.3 Å². The minimum absolute atomic E-state index is 0.394. The van der Waals surface area contributed by atoms with Crippen molar-refractivity contribution in [1.29, 1.82) is 5.26 Å². The SMILES string of the molecule is CC(COCCC#N)C[Si](C)(C)O. The Morgan fingerprint density at radius 3 is 2.62 bits per heavy atom. The smallest absolute Gasteiger partial charge is 0.182 e. The Hall–Kier alpha value is -0.373. The molecule has 0 fully saturated rings. The van der Waals surface area contributed by atoms with Crippen molar-refractivity contribution >= 4 is 8.32 Å². The second-order valence-corrected chi connectivity index (χ2v) is 8.14. The molecule has 1 atom stereocenters. The number of nitriles is 1. The molecule has 0 amide bonds. The molecule has 0 aliphatic rings. The first-order valence-electron chi connectivity index (χ1n) is 4.63. The van der Waals surface area contributed by atoms with Crippen molar-refractivity contribution in [2.45, 2.75) is 32.5 Å². The molecule has 0 bridgehead atoms. The van der Waals surface area contributed by atoms with Crippen LogP contribution in [0.25, 0.3) is 0 Å². The molecule has 0 radical (unpaired) electrons. The molecule has 76 valence electrons.